The van der Waals surface area contributed by atoms with Crippen molar-refractivity contribution in [1.82, 2.24) is 14.8 Å². The molecular weight excluding hydrogens is 274 g/mol. The van der Waals surface area contributed by atoms with Crippen LogP contribution < -0.4 is 11.1 Å². The van der Waals surface area contributed by atoms with Crippen molar-refractivity contribution in [3.05, 3.63) is 53.8 Å². The highest BCUT2D eigenvalue weighted by Gasteiger charge is 2.11. The number of nitrogens with zero attached hydrogens (tertiary/aromatic N) is 3. The van der Waals surface area contributed by atoms with E-state index in [-0.39, 0.29) is 5.91 Å². The zero-order valence-corrected chi connectivity index (χ0v) is 11.2. The highest BCUT2D eigenvalue weighted by molar-refractivity contribution is 7.13. The average Bonchev–Trinajstić information content (AvgIpc) is 3.09. The number of hydrogen-bond donors (Lipinski definition) is 2. The van der Waals surface area contributed by atoms with Gasteiger partial charge in [0.15, 0.2) is 10.8 Å². The molecule has 0 saturated carbocycles. The molecule has 0 aliphatic heterocycles. The predicted octanol–water partition coefficient (Wildman–Crippen LogP) is 2.16. The molecule has 0 spiro atoms. The predicted molar refractivity (Wildman–Crippen MR) is 78.0 cm³/mol. The zero-order chi connectivity index (χ0) is 13.9. The van der Waals surface area contributed by atoms with Crippen LogP contribution in [0.4, 0.5) is 10.8 Å². The van der Waals surface area contributed by atoms with Crippen molar-refractivity contribution < 1.29 is 4.79 Å². The molecular formula is C13H11N5OS. The fourth-order valence-electron chi connectivity index (χ4n) is 1.70. The molecule has 0 unspecified atom stereocenters. The van der Waals surface area contributed by atoms with Crippen LogP contribution in [0.5, 0.6) is 0 Å². The van der Waals surface area contributed by atoms with Gasteiger partial charge in [0.2, 0.25) is 0 Å². The molecule has 0 fully saturated rings. The molecule has 3 aromatic rings. The number of nitrogen functional groups attached to an aromatic ring is 1. The third-order valence-electron chi connectivity index (χ3n) is 2.61. The zero-order valence-electron chi connectivity index (χ0n) is 10.4. The molecule has 6 nitrogen and oxygen atoms in total. The fraction of sp³-hybridized carbons (Fsp3) is 0. The molecule has 2 heterocycles. The molecule has 3 rings (SSSR count). The number of hydrogen-bond acceptors (Lipinski definition) is 5. The number of nitrogens with two attached hydrogens (primary N) is 1. The lowest BCUT2D eigenvalue weighted by Gasteiger charge is -2.02. The first-order chi connectivity index (χ1) is 9.72. The molecule has 0 aliphatic rings. The largest absolute Gasteiger partial charge is 0.399 e. The molecule has 100 valence electrons. The lowest BCUT2D eigenvalue weighted by Crippen LogP contribution is -2.12. The Labute approximate surface area is 118 Å². The van der Waals surface area contributed by atoms with E-state index in [0.717, 1.165) is 5.69 Å². The van der Waals surface area contributed by atoms with Gasteiger partial charge in [0.1, 0.15) is 0 Å². The monoisotopic (exact) mass is 285 g/mol. The van der Waals surface area contributed by atoms with Gasteiger partial charge in [-0.15, -0.1) is 11.3 Å². The lowest BCUT2D eigenvalue weighted by atomic mass is 10.3. The number of nitrogens with one attached hydrogen (secondary N) is 1. The summed E-state index contributed by atoms with van der Waals surface area (Å²) in [5.74, 6) is -0.289. The Morgan fingerprint density at radius 3 is 3.00 bits per heavy atom. The minimum absolute atomic E-state index is 0.289. The SMILES string of the molecule is Nc1cccc(-n2ccc(C(=O)Nc3nccs3)n2)c1. The van der Waals surface area contributed by atoms with Gasteiger partial charge in [-0.05, 0) is 24.3 Å². The first-order valence-electron chi connectivity index (χ1n) is 5.85. The summed E-state index contributed by atoms with van der Waals surface area (Å²) in [4.78, 5) is 16.0. The second-order valence-corrected chi connectivity index (χ2v) is 4.93. The van der Waals surface area contributed by atoms with Gasteiger partial charge in [-0.1, -0.05) is 6.07 Å². The van der Waals surface area contributed by atoms with Crippen molar-refractivity contribution in [3.8, 4) is 5.69 Å². The standard InChI is InChI=1S/C13H11N5OS/c14-9-2-1-3-10(8-9)18-6-4-11(17-18)12(19)16-13-15-5-7-20-13/h1-8H,14H2,(H,15,16,19). The van der Waals surface area contributed by atoms with Gasteiger partial charge in [0.05, 0.1) is 5.69 Å². The molecule has 0 atom stereocenters. The van der Waals surface area contributed by atoms with E-state index in [9.17, 15) is 4.79 Å². The molecule has 0 aliphatic carbocycles. The normalized spacial score (nSPS) is 10.4. The smallest absolute Gasteiger partial charge is 0.277 e. The van der Waals surface area contributed by atoms with E-state index < -0.39 is 0 Å². The second kappa shape index (κ2) is 5.14. The molecule has 0 saturated heterocycles. The van der Waals surface area contributed by atoms with Crippen LogP contribution in [-0.2, 0) is 0 Å². The Morgan fingerprint density at radius 2 is 2.25 bits per heavy atom. The topological polar surface area (TPSA) is 85.8 Å². The fourth-order valence-corrected chi connectivity index (χ4v) is 2.23. The van der Waals surface area contributed by atoms with Crippen molar-refractivity contribution in [2.45, 2.75) is 0 Å². The van der Waals surface area contributed by atoms with Crippen LogP contribution in [-0.4, -0.2) is 20.7 Å². The summed E-state index contributed by atoms with van der Waals surface area (Å²) in [5, 5.41) is 9.25. The quantitative estimate of drug-likeness (QED) is 0.722. The number of anilines is 2. The second-order valence-electron chi connectivity index (χ2n) is 4.03. The molecule has 3 N–H and O–H groups in total. The summed E-state index contributed by atoms with van der Waals surface area (Å²) in [6.07, 6.45) is 3.34. The van der Waals surface area contributed by atoms with Crippen LogP contribution >= 0.6 is 11.3 Å². The molecule has 1 amide bonds. The van der Waals surface area contributed by atoms with Crippen LogP contribution in [0, 0.1) is 0 Å². The average molecular weight is 285 g/mol. The van der Waals surface area contributed by atoms with Gasteiger partial charge in [-0.3, -0.25) is 10.1 Å². The first kappa shape index (κ1) is 12.4. The lowest BCUT2D eigenvalue weighted by molar-refractivity contribution is 0.102. The molecule has 0 radical (unpaired) electrons. The third kappa shape index (κ3) is 2.52. The van der Waals surface area contributed by atoms with Crippen molar-refractivity contribution in [2.75, 3.05) is 11.1 Å². The van der Waals surface area contributed by atoms with Gasteiger partial charge < -0.3 is 5.73 Å². The molecule has 2 aromatic heterocycles. The minimum Gasteiger partial charge on any atom is -0.399 e. The summed E-state index contributed by atoms with van der Waals surface area (Å²) in [5.41, 5.74) is 7.50. The van der Waals surface area contributed by atoms with Gasteiger partial charge >= 0.3 is 0 Å². The number of thiazole rings is 1. The van der Waals surface area contributed by atoms with E-state index >= 15 is 0 Å². The molecule has 20 heavy (non-hydrogen) atoms. The first-order valence-corrected chi connectivity index (χ1v) is 6.73. The number of aromatic nitrogens is 3. The number of carbonyl (C=O) groups is 1. The van der Waals surface area contributed by atoms with Crippen LogP contribution in [0.25, 0.3) is 5.69 Å². The molecule has 0 bridgehead atoms. The van der Waals surface area contributed by atoms with E-state index in [2.05, 4.69) is 15.4 Å². The van der Waals surface area contributed by atoms with Crippen molar-refractivity contribution >= 4 is 28.1 Å². The van der Waals surface area contributed by atoms with E-state index in [0.29, 0.717) is 16.5 Å². The van der Waals surface area contributed by atoms with Gasteiger partial charge in [-0.25, -0.2) is 9.67 Å². The maximum atomic E-state index is 12.0. The number of benzene rings is 1. The van der Waals surface area contributed by atoms with Crippen LogP contribution in [0.3, 0.4) is 0 Å². The highest BCUT2D eigenvalue weighted by atomic mass is 32.1. The van der Waals surface area contributed by atoms with Gasteiger partial charge in [0.25, 0.3) is 5.91 Å². The summed E-state index contributed by atoms with van der Waals surface area (Å²) < 4.78 is 1.60. The maximum absolute atomic E-state index is 12.0. The van der Waals surface area contributed by atoms with E-state index in [1.807, 2.05) is 12.1 Å². The Kier molecular flexibility index (Phi) is 3.18. The Morgan fingerprint density at radius 1 is 1.35 bits per heavy atom. The van der Waals surface area contributed by atoms with E-state index in [4.69, 9.17) is 5.73 Å². The number of rotatable bonds is 3. The third-order valence-corrected chi connectivity index (χ3v) is 3.30. The summed E-state index contributed by atoms with van der Waals surface area (Å²) >= 11 is 1.36. The number of amides is 1. The maximum Gasteiger partial charge on any atom is 0.277 e. The highest BCUT2D eigenvalue weighted by Crippen LogP contribution is 2.14. The van der Waals surface area contributed by atoms with Crippen molar-refractivity contribution in [1.29, 1.82) is 0 Å². The Balaban J connectivity index is 1.81. The molecule has 7 heteroatoms. The van der Waals surface area contributed by atoms with Crippen LogP contribution in [0.1, 0.15) is 10.5 Å². The van der Waals surface area contributed by atoms with Crippen molar-refractivity contribution in [3.63, 3.8) is 0 Å². The molecule has 1 aromatic carbocycles. The Hall–Kier alpha value is -2.67. The van der Waals surface area contributed by atoms with Crippen LogP contribution in [0.15, 0.2) is 48.1 Å². The summed E-state index contributed by atoms with van der Waals surface area (Å²) in [7, 11) is 0. The number of carbonyl (C=O) groups excluding carboxylic acids is 1. The van der Waals surface area contributed by atoms with Gasteiger partial charge in [0, 0.05) is 23.5 Å². The van der Waals surface area contributed by atoms with Gasteiger partial charge in [-0.2, -0.15) is 5.10 Å². The van der Waals surface area contributed by atoms with E-state index in [1.165, 1.54) is 11.3 Å². The van der Waals surface area contributed by atoms with E-state index in [1.54, 1.807) is 40.7 Å². The summed E-state index contributed by atoms with van der Waals surface area (Å²) in [6, 6.07) is 8.93. The Bertz CT molecular complexity index is 735. The minimum atomic E-state index is -0.289. The van der Waals surface area contributed by atoms with Crippen LogP contribution in [0.2, 0.25) is 0 Å². The summed E-state index contributed by atoms with van der Waals surface area (Å²) in [6.45, 7) is 0. The van der Waals surface area contributed by atoms with Crippen molar-refractivity contribution in [2.24, 2.45) is 0 Å².